The molecule has 1 aliphatic heterocycles. The molecule has 0 bridgehead atoms. The minimum atomic E-state index is -0.616. The fourth-order valence-electron chi connectivity index (χ4n) is 2.63. The van der Waals surface area contributed by atoms with Gasteiger partial charge in [0, 0.05) is 11.0 Å². The molecule has 1 heterocycles. The Morgan fingerprint density at radius 3 is 2.59 bits per heavy atom. The van der Waals surface area contributed by atoms with Crippen LogP contribution in [0, 0.1) is 5.41 Å². The number of hydrogen-bond acceptors (Lipinski definition) is 3. The van der Waals surface area contributed by atoms with Gasteiger partial charge in [0.25, 0.3) is 0 Å². The predicted molar refractivity (Wildman–Crippen MR) is 86.4 cm³/mol. The van der Waals surface area contributed by atoms with Gasteiger partial charge in [-0.15, -0.1) is 0 Å². The molecule has 22 heavy (non-hydrogen) atoms. The Hall–Kier alpha value is -1.71. The average Bonchev–Trinajstić information content (AvgIpc) is 3.23. The van der Waals surface area contributed by atoms with Crippen molar-refractivity contribution in [3.63, 3.8) is 0 Å². The lowest BCUT2D eigenvalue weighted by molar-refractivity contribution is -0.222. The molecular weight excluding hydrogens is 276 g/mol. The molecule has 2 aliphatic rings. The summed E-state index contributed by atoms with van der Waals surface area (Å²) in [5.41, 5.74) is 4.26. The first kappa shape index (κ1) is 15.2. The average molecular weight is 298 g/mol. The van der Waals surface area contributed by atoms with Crippen LogP contribution < -0.4 is 0 Å². The first-order valence-corrected chi connectivity index (χ1v) is 7.67. The van der Waals surface area contributed by atoms with Crippen LogP contribution in [0.4, 0.5) is 0 Å². The predicted octanol–water partition coefficient (Wildman–Crippen LogP) is 3.54. The highest BCUT2D eigenvalue weighted by molar-refractivity contribution is 5.87. The summed E-state index contributed by atoms with van der Waals surface area (Å²) in [5, 5.41) is 0. The molecule has 1 spiro atoms. The van der Waals surface area contributed by atoms with Crippen molar-refractivity contribution in [2.45, 2.75) is 33.0 Å². The summed E-state index contributed by atoms with van der Waals surface area (Å²) in [7, 11) is 0. The molecule has 0 amide bonds. The van der Waals surface area contributed by atoms with Crippen LogP contribution in [0.15, 0.2) is 42.0 Å². The van der Waals surface area contributed by atoms with Crippen molar-refractivity contribution >= 4 is 11.9 Å². The second-order valence-electron chi connectivity index (χ2n) is 6.89. The van der Waals surface area contributed by atoms with Crippen molar-refractivity contribution in [3.8, 4) is 0 Å². The Bertz CT molecular complexity index is 642. The highest BCUT2D eigenvalue weighted by Crippen LogP contribution is 2.51. The van der Waals surface area contributed by atoms with E-state index in [-0.39, 0.29) is 5.41 Å². The topological polar surface area (TPSA) is 35.5 Å². The smallest absolute Gasteiger partial charge is 0.216 e. The van der Waals surface area contributed by atoms with Gasteiger partial charge in [-0.05, 0) is 36.1 Å². The SMILES string of the molecule is C/C(C=O)=C\Cc1ccccc1C1=CC12OCC(C)(C)CO2. The summed E-state index contributed by atoms with van der Waals surface area (Å²) in [6.45, 7) is 7.49. The number of aldehydes is 1. The highest BCUT2D eigenvalue weighted by atomic mass is 16.7. The van der Waals surface area contributed by atoms with E-state index in [2.05, 4.69) is 32.1 Å². The van der Waals surface area contributed by atoms with Gasteiger partial charge in [-0.3, -0.25) is 4.79 Å². The summed E-state index contributed by atoms with van der Waals surface area (Å²) in [6.07, 6.45) is 5.63. The van der Waals surface area contributed by atoms with Crippen LogP contribution in [0.3, 0.4) is 0 Å². The summed E-state index contributed by atoms with van der Waals surface area (Å²) in [5.74, 6) is -0.616. The lowest BCUT2D eigenvalue weighted by Crippen LogP contribution is -2.40. The van der Waals surface area contributed by atoms with Gasteiger partial charge in [0.1, 0.15) is 6.29 Å². The molecule has 3 nitrogen and oxygen atoms in total. The molecule has 0 radical (unpaired) electrons. The molecule has 1 saturated heterocycles. The van der Waals surface area contributed by atoms with E-state index in [0.29, 0.717) is 13.2 Å². The standard InChI is InChI=1S/C19H22O3/c1-14(11-20)8-9-15-6-4-5-7-16(15)17-10-19(17)21-12-18(2,3)13-22-19/h4-8,10-11H,9,12-13H2,1-3H3/b14-8+. The summed E-state index contributed by atoms with van der Waals surface area (Å²) >= 11 is 0. The third kappa shape index (κ3) is 2.92. The van der Waals surface area contributed by atoms with Gasteiger partial charge < -0.3 is 9.47 Å². The van der Waals surface area contributed by atoms with Gasteiger partial charge in [0.05, 0.1) is 13.2 Å². The van der Waals surface area contributed by atoms with Gasteiger partial charge in [0.2, 0.25) is 5.79 Å². The van der Waals surface area contributed by atoms with E-state index in [0.717, 1.165) is 29.4 Å². The lowest BCUT2D eigenvalue weighted by Gasteiger charge is -2.36. The van der Waals surface area contributed by atoms with Gasteiger partial charge >= 0.3 is 0 Å². The van der Waals surface area contributed by atoms with E-state index < -0.39 is 5.79 Å². The van der Waals surface area contributed by atoms with E-state index in [1.54, 1.807) is 0 Å². The first-order chi connectivity index (χ1) is 10.5. The van der Waals surface area contributed by atoms with E-state index in [1.807, 2.05) is 25.1 Å². The Labute approximate surface area is 131 Å². The summed E-state index contributed by atoms with van der Waals surface area (Å²) in [4.78, 5) is 10.7. The number of allylic oxidation sites excluding steroid dienone is 2. The van der Waals surface area contributed by atoms with Gasteiger partial charge in [-0.2, -0.15) is 0 Å². The van der Waals surface area contributed by atoms with E-state index in [4.69, 9.17) is 9.47 Å². The number of carbonyl (C=O) groups is 1. The maximum Gasteiger partial charge on any atom is 0.216 e. The van der Waals surface area contributed by atoms with Crippen molar-refractivity contribution in [2.75, 3.05) is 13.2 Å². The van der Waals surface area contributed by atoms with Gasteiger partial charge in [-0.1, -0.05) is 44.2 Å². The van der Waals surface area contributed by atoms with Gasteiger partial charge in [-0.25, -0.2) is 0 Å². The Morgan fingerprint density at radius 2 is 1.91 bits per heavy atom. The molecule has 0 saturated carbocycles. The zero-order valence-corrected chi connectivity index (χ0v) is 13.4. The molecule has 3 rings (SSSR count). The monoisotopic (exact) mass is 298 g/mol. The second kappa shape index (κ2) is 5.49. The maximum absolute atomic E-state index is 10.7. The largest absolute Gasteiger partial charge is 0.342 e. The maximum atomic E-state index is 10.7. The molecule has 3 heteroatoms. The number of carbonyl (C=O) groups excluding carboxylic acids is 1. The molecule has 1 aromatic rings. The van der Waals surface area contributed by atoms with Crippen LogP contribution in [0.25, 0.3) is 5.57 Å². The number of hydrogen-bond donors (Lipinski definition) is 0. The molecule has 1 fully saturated rings. The third-order valence-electron chi connectivity index (χ3n) is 4.12. The van der Waals surface area contributed by atoms with E-state index in [1.165, 1.54) is 5.56 Å². The fourth-order valence-corrected chi connectivity index (χ4v) is 2.63. The Kier molecular flexibility index (Phi) is 3.79. The normalized spacial score (nSPS) is 22.3. The lowest BCUT2D eigenvalue weighted by atomic mass is 9.95. The highest BCUT2D eigenvalue weighted by Gasteiger charge is 2.52. The van der Waals surface area contributed by atoms with Crippen LogP contribution in [-0.4, -0.2) is 25.3 Å². The molecule has 116 valence electrons. The summed E-state index contributed by atoms with van der Waals surface area (Å²) < 4.78 is 11.9. The zero-order valence-electron chi connectivity index (χ0n) is 13.4. The molecule has 0 atom stereocenters. The van der Waals surface area contributed by atoms with Crippen molar-refractivity contribution in [2.24, 2.45) is 5.41 Å². The third-order valence-corrected chi connectivity index (χ3v) is 4.12. The van der Waals surface area contributed by atoms with Crippen molar-refractivity contribution in [1.82, 2.24) is 0 Å². The van der Waals surface area contributed by atoms with Crippen molar-refractivity contribution in [3.05, 3.63) is 53.1 Å². The van der Waals surface area contributed by atoms with Crippen LogP contribution in [-0.2, 0) is 20.7 Å². The molecular formula is C19H22O3. The van der Waals surface area contributed by atoms with Crippen molar-refractivity contribution in [1.29, 1.82) is 0 Å². The molecule has 1 aliphatic carbocycles. The molecule has 1 aromatic carbocycles. The van der Waals surface area contributed by atoms with Crippen LogP contribution in [0.1, 0.15) is 31.9 Å². The van der Waals surface area contributed by atoms with E-state index >= 15 is 0 Å². The molecule has 0 unspecified atom stereocenters. The quantitative estimate of drug-likeness (QED) is 0.630. The minimum Gasteiger partial charge on any atom is -0.342 e. The molecule has 0 aromatic heterocycles. The fraction of sp³-hybridized carbons (Fsp3) is 0.421. The summed E-state index contributed by atoms with van der Waals surface area (Å²) in [6, 6.07) is 8.22. The Balaban J connectivity index is 1.77. The number of rotatable bonds is 4. The Morgan fingerprint density at radius 1 is 1.23 bits per heavy atom. The van der Waals surface area contributed by atoms with Crippen LogP contribution >= 0.6 is 0 Å². The minimum absolute atomic E-state index is 0.0656. The molecule has 0 N–H and O–H groups in total. The van der Waals surface area contributed by atoms with Gasteiger partial charge in [0.15, 0.2) is 0 Å². The number of benzene rings is 1. The second-order valence-corrected chi connectivity index (χ2v) is 6.89. The van der Waals surface area contributed by atoms with Crippen LogP contribution in [0.2, 0.25) is 0 Å². The zero-order chi connectivity index (χ0) is 15.8. The first-order valence-electron chi connectivity index (χ1n) is 7.67. The van der Waals surface area contributed by atoms with Crippen molar-refractivity contribution < 1.29 is 14.3 Å². The van der Waals surface area contributed by atoms with E-state index in [9.17, 15) is 4.79 Å². The number of ether oxygens (including phenoxy) is 2. The van der Waals surface area contributed by atoms with Crippen LogP contribution in [0.5, 0.6) is 0 Å².